The summed E-state index contributed by atoms with van der Waals surface area (Å²) in [5.41, 5.74) is 5.66. The lowest BCUT2D eigenvalue weighted by Crippen LogP contribution is -2.43. The third-order valence-corrected chi connectivity index (χ3v) is 3.13. The molecule has 0 rings (SSSR count). The number of nitrogens with two attached hydrogens (primary N) is 1. The van der Waals surface area contributed by atoms with Crippen LogP contribution in [0.15, 0.2) is 0 Å². The monoisotopic (exact) mass is 216 g/mol. The molecule has 3 heteroatoms. The lowest BCUT2D eigenvalue weighted by Gasteiger charge is -2.26. The Morgan fingerprint density at radius 3 is 2.27 bits per heavy atom. The van der Waals surface area contributed by atoms with Crippen molar-refractivity contribution in [2.75, 3.05) is 26.7 Å². The van der Waals surface area contributed by atoms with Gasteiger partial charge in [-0.25, -0.2) is 0 Å². The molecule has 3 N–H and O–H groups in total. The van der Waals surface area contributed by atoms with Gasteiger partial charge in [0.25, 0.3) is 0 Å². The van der Waals surface area contributed by atoms with Crippen molar-refractivity contribution in [3.63, 3.8) is 0 Å². The van der Waals surface area contributed by atoms with E-state index >= 15 is 0 Å². The van der Waals surface area contributed by atoms with E-state index in [-0.39, 0.29) is 12.1 Å². The lowest BCUT2D eigenvalue weighted by molar-refractivity contribution is 0.174. The summed E-state index contributed by atoms with van der Waals surface area (Å²) in [6.45, 7) is 6.60. The highest BCUT2D eigenvalue weighted by Crippen LogP contribution is 2.13. The summed E-state index contributed by atoms with van der Waals surface area (Å²) in [6, 6.07) is 0. The molecule has 0 saturated carbocycles. The van der Waals surface area contributed by atoms with Crippen LogP contribution in [0.4, 0.5) is 0 Å². The van der Waals surface area contributed by atoms with Gasteiger partial charge in [0.15, 0.2) is 0 Å². The molecule has 1 unspecified atom stereocenters. The van der Waals surface area contributed by atoms with Gasteiger partial charge in [-0.15, -0.1) is 0 Å². The second-order valence-corrected chi connectivity index (χ2v) is 4.63. The van der Waals surface area contributed by atoms with Crippen molar-refractivity contribution >= 4 is 0 Å². The molecular weight excluding hydrogens is 188 g/mol. The van der Waals surface area contributed by atoms with Crippen molar-refractivity contribution in [1.29, 1.82) is 0 Å². The maximum Gasteiger partial charge on any atom is 0.0611 e. The van der Waals surface area contributed by atoms with E-state index < -0.39 is 0 Å². The molecule has 0 aliphatic heterocycles. The van der Waals surface area contributed by atoms with Crippen LogP contribution in [-0.2, 0) is 0 Å². The molecule has 3 nitrogen and oxygen atoms in total. The van der Waals surface area contributed by atoms with Crippen LogP contribution >= 0.6 is 0 Å². The molecule has 0 aromatic carbocycles. The van der Waals surface area contributed by atoms with Gasteiger partial charge in [0.2, 0.25) is 0 Å². The highest BCUT2D eigenvalue weighted by molar-refractivity contribution is 4.81. The normalized spacial score (nSPS) is 15.6. The van der Waals surface area contributed by atoms with Gasteiger partial charge in [0, 0.05) is 5.54 Å². The lowest BCUT2D eigenvalue weighted by atomic mass is 9.92. The predicted molar refractivity (Wildman–Crippen MR) is 65.9 cm³/mol. The molecule has 0 aromatic heterocycles. The molecule has 15 heavy (non-hydrogen) atoms. The fourth-order valence-electron chi connectivity index (χ4n) is 1.61. The molecule has 0 saturated heterocycles. The first-order chi connectivity index (χ1) is 7.08. The summed E-state index contributed by atoms with van der Waals surface area (Å²) in [5.74, 6) is 0. The number of hydrogen-bond acceptors (Lipinski definition) is 3. The van der Waals surface area contributed by atoms with E-state index in [1.807, 2.05) is 6.92 Å². The Morgan fingerprint density at radius 1 is 1.20 bits per heavy atom. The van der Waals surface area contributed by atoms with E-state index in [4.69, 9.17) is 10.8 Å². The molecule has 0 bridgehead atoms. The molecule has 0 aliphatic rings. The van der Waals surface area contributed by atoms with Gasteiger partial charge in [-0.2, -0.15) is 0 Å². The van der Waals surface area contributed by atoms with Crippen LogP contribution in [-0.4, -0.2) is 42.3 Å². The van der Waals surface area contributed by atoms with Crippen LogP contribution in [0.3, 0.4) is 0 Å². The van der Waals surface area contributed by atoms with Crippen molar-refractivity contribution < 1.29 is 5.11 Å². The van der Waals surface area contributed by atoms with Crippen LogP contribution in [0.2, 0.25) is 0 Å². The zero-order valence-corrected chi connectivity index (χ0v) is 10.6. The maximum atomic E-state index is 9.15. The van der Waals surface area contributed by atoms with Gasteiger partial charge >= 0.3 is 0 Å². The van der Waals surface area contributed by atoms with E-state index in [9.17, 15) is 0 Å². The smallest absolute Gasteiger partial charge is 0.0611 e. The predicted octanol–water partition coefficient (Wildman–Crippen LogP) is 1.60. The van der Waals surface area contributed by atoms with Gasteiger partial charge in [0.05, 0.1) is 6.61 Å². The van der Waals surface area contributed by atoms with Crippen molar-refractivity contribution in [2.45, 2.75) is 51.5 Å². The number of unbranched alkanes of at least 4 members (excludes halogenated alkanes) is 1. The Bertz CT molecular complexity index is 147. The minimum atomic E-state index is -0.356. The Hall–Kier alpha value is -0.120. The minimum Gasteiger partial charge on any atom is -0.394 e. The summed E-state index contributed by atoms with van der Waals surface area (Å²) >= 11 is 0. The summed E-state index contributed by atoms with van der Waals surface area (Å²) in [6.07, 6.45) is 5.35. The van der Waals surface area contributed by atoms with E-state index in [2.05, 4.69) is 18.9 Å². The van der Waals surface area contributed by atoms with Crippen LogP contribution in [0, 0.1) is 0 Å². The third-order valence-electron chi connectivity index (χ3n) is 3.13. The summed E-state index contributed by atoms with van der Waals surface area (Å²) in [7, 11) is 2.15. The van der Waals surface area contributed by atoms with Crippen LogP contribution in [0.1, 0.15) is 46.0 Å². The molecule has 0 fully saturated rings. The van der Waals surface area contributed by atoms with E-state index in [0.717, 1.165) is 25.8 Å². The number of hydrogen-bond donors (Lipinski definition) is 2. The SMILES string of the molecule is CCCCN(C)CCCC(N)(CC)CO. The Kier molecular flexibility index (Phi) is 8.02. The molecule has 0 spiro atoms. The molecule has 0 amide bonds. The molecule has 0 heterocycles. The zero-order chi connectivity index (χ0) is 11.7. The van der Waals surface area contributed by atoms with Crippen molar-refractivity contribution in [3.05, 3.63) is 0 Å². The second kappa shape index (κ2) is 8.08. The quantitative estimate of drug-likeness (QED) is 0.615. The first-order valence-electron chi connectivity index (χ1n) is 6.16. The average molecular weight is 216 g/mol. The van der Waals surface area contributed by atoms with E-state index in [1.54, 1.807) is 0 Å². The van der Waals surface area contributed by atoms with Gasteiger partial charge < -0.3 is 15.7 Å². The minimum absolute atomic E-state index is 0.0994. The van der Waals surface area contributed by atoms with E-state index in [0.29, 0.717) is 0 Å². The molecule has 92 valence electrons. The third kappa shape index (κ3) is 6.88. The highest BCUT2D eigenvalue weighted by atomic mass is 16.3. The molecule has 0 radical (unpaired) electrons. The molecule has 0 aliphatic carbocycles. The summed E-state index contributed by atoms with van der Waals surface area (Å²) < 4.78 is 0. The topological polar surface area (TPSA) is 49.5 Å². The number of aliphatic hydroxyl groups excluding tert-OH is 1. The Morgan fingerprint density at radius 2 is 1.80 bits per heavy atom. The van der Waals surface area contributed by atoms with Crippen molar-refractivity contribution in [3.8, 4) is 0 Å². The van der Waals surface area contributed by atoms with Crippen molar-refractivity contribution in [2.24, 2.45) is 5.73 Å². The maximum absolute atomic E-state index is 9.15. The van der Waals surface area contributed by atoms with Crippen molar-refractivity contribution in [1.82, 2.24) is 4.90 Å². The standard InChI is InChI=1S/C12H28N2O/c1-4-6-9-14(3)10-7-8-12(13,5-2)11-15/h15H,4-11,13H2,1-3H3. The molecular formula is C12H28N2O. The van der Waals surface area contributed by atoms with Gasteiger partial charge in [-0.3, -0.25) is 0 Å². The number of rotatable bonds is 9. The molecule has 1 atom stereocenters. The first kappa shape index (κ1) is 14.9. The fourth-order valence-corrected chi connectivity index (χ4v) is 1.61. The second-order valence-electron chi connectivity index (χ2n) is 4.63. The number of nitrogens with zero attached hydrogens (tertiary/aromatic N) is 1. The average Bonchev–Trinajstić information content (AvgIpc) is 2.26. The number of aliphatic hydroxyl groups is 1. The zero-order valence-electron chi connectivity index (χ0n) is 10.6. The fraction of sp³-hybridized carbons (Fsp3) is 1.00. The van der Waals surface area contributed by atoms with Crippen LogP contribution in [0.25, 0.3) is 0 Å². The summed E-state index contributed by atoms with van der Waals surface area (Å²) in [4.78, 5) is 2.34. The Labute approximate surface area is 94.6 Å². The largest absolute Gasteiger partial charge is 0.394 e. The Balaban J connectivity index is 3.59. The van der Waals surface area contributed by atoms with Crippen LogP contribution in [0.5, 0.6) is 0 Å². The van der Waals surface area contributed by atoms with Crippen LogP contribution < -0.4 is 5.73 Å². The van der Waals surface area contributed by atoms with Gasteiger partial charge in [-0.1, -0.05) is 20.3 Å². The van der Waals surface area contributed by atoms with Gasteiger partial charge in [0.1, 0.15) is 0 Å². The summed E-state index contributed by atoms with van der Waals surface area (Å²) in [5, 5.41) is 9.15. The first-order valence-corrected chi connectivity index (χ1v) is 6.16. The van der Waals surface area contributed by atoms with Gasteiger partial charge in [-0.05, 0) is 45.8 Å². The van der Waals surface area contributed by atoms with E-state index in [1.165, 1.54) is 19.4 Å². The molecule has 0 aromatic rings. The highest BCUT2D eigenvalue weighted by Gasteiger charge is 2.20.